The van der Waals surface area contributed by atoms with Crippen LogP contribution >= 0.6 is 0 Å². The van der Waals surface area contributed by atoms with Crippen LogP contribution in [0, 0.1) is 12.8 Å². The predicted molar refractivity (Wildman–Crippen MR) is 58.7 cm³/mol. The number of hydrogen-bond acceptors (Lipinski definition) is 3. The van der Waals surface area contributed by atoms with E-state index in [1.165, 1.54) is 0 Å². The van der Waals surface area contributed by atoms with E-state index < -0.39 is 0 Å². The molecular formula is C11H20N2O2. The fourth-order valence-electron chi connectivity index (χ4n) is 1.64. The second-order valence-electron chi connectivity index (χ2n) is 4.10. The average molecular weight is 212 g/mol. The van der Waals surface area contributed by atoms with Gasteiger partial charge in [-0.25, -0.2) is 0 Å². The third kappa shape index (κ3) is 3.32. The fourth-order valence-corrected chi connectivity index (χ4v) is 1.64. The summed E-state index contributed by atoms with van der Waals surface area (Å²) >= 11 is 0. The van der Waals surface area contributed by atoms with Crippen LogP contribution in [0.2, 0.25) is 0 Å². The van der Waals surface area contributed by atoms with E-state index in [4.69, 9.17) is 4.74 Å². The number of ether oxygens (including phenoxy) is 1. The minimum Gasteiger partial charge on any atom is -0.392 e. The van der Waals surface area contributed by atoms with E-state index in [1.54, 1.807) is 7.11 Å². The Morgan fingerprint density at radius 1 is 1.60 bits per heavy atom. The molecule has 4 nitrogen and oxygen atoms in total. The number of aliphatic hydroxyl groups excluding tert-OH is 1. The van der Waals surface area contributed by atoms with Gasteiger partial charge in [-0.3, -0.25) is 4.68 Å². The fraction of sp³-hybridized carbons (Fsp3) is 0.727. The van der Waals surface area contributed by atoms with Crippen molar-refractivity contribution in [1.29, 1.82) is 0 Å². The molecule has 15 heavy (non-hydrogen) atoms. The molecule has 2 atom stereocenters. The molecule has 0 aliphatic heterocycles. The molecule has 0 aliphatic rings. The maximum absolute atomic E-state index is 9.91. The third-order valence-electron chi connectivity index (χ3n) is 2.60. The Bertz CT molecular complexity index is 310. The monoisotopic (exact) mass is 212 g/mol. The first-order valence-corrected chi connectivity index (χ1v) is 5.21. The number of aryl methyl sites for hydroxylation is 2. The molecule has 0 amide bonds. The van der Waals surface area contributed by atoms with E-state index in [0.29, 0.717) is 13.0 Å². The van der Waals surface area contributed by atoms with E-state index in [2.05, 4.69) is 5.10 Å². The van der Waals surface area contributed by atoms with E-state index >= 15 is 0 Å². The van der Waals surface area contributed by atoms with Crippen LogP contribution in [0.5, 0.6) is 0 Å². The third-order valence-corrected chi connectivity index (χ3v) is 2.60. The Hall–Kier alpha value is -0.870. The van der Waals surface area contributed by atoms with Crippen LogP contribution in [-0.2, 0) is 18.2 Å². The quantitative estimate of drug-likeness (QED) is 0.789. The van der Waals surface area contributed by atoms with Crippen LogP contribution in [0.4, 0.5) is 0 Å². The summed E-state index contributed by atoms with van der Waals surface area (Å²) in [6, 6.07) is 2.00. The molecule has 1 rings (SSSR count). The summed E-state index contributed by atoms with van der Waals surface area (Å²) in [7, 11) is 3.55. The topological polar surface area (TPSA) is 47.3 Å². The molecule has 1 N–H and O–H groups in total. The van der Waals surface area contributed by atoms with Crippen molar-refractivity contribution in [2.75, 3.05) is 13.7 Å². The molecule has 0 aromatic carbocycles. The van der Waals surface area contributed by atoms with Crippen molar-refractivity contribution >= 4 is 0 Å². The summed E-state index contributed by atoms with van der Waals surface area (Å²) in [5.41, 5.74) is 2.04. The minimum absolute atomic E-state index is 0.144. The molecule has 1 aromatic rings. The number of rotatable bonds is 5. The van der Waals surface area contributed by atoms with Gasteiger partial charge in [0.25, 0.3) is 0 Å². The van der Waals surface area contributed by atoms with Crippen LogP contribution in [0.3, 0.4) is 0 Å². The first-order valence-electron chi connectivity index (χ1n) is 5.21. The maximum Gasteiger partial charge on any atom is 0.0642 e. The Morgan fingerprint density at radius 3 is 2.73 bits per heavy atom. The Labute approximate surface area is 90.9 Å². The summed E-state index contributed by atoms with van der Waals surface area (Å²) in [4.78, 5) is 0. The van der Waals surface area contributed by atoms with E-state index in [1.807, 2.05) is 31.6 Å². The summed E-state index contributed by atoms with van der Waals surface area (Å²) < 4.78 is 6.83. The first kappa shape index (κ1) is 12.2. The largest absolute Gasteiger partial charge is 0.392 e. The molecule has 0 spiro atoms. The second-order valence-corrected chi connectivity index (χ2v) is 4.10. The van der Waals surface area contributed by atoms with Crippen molar-refractivity contribution in [2.45, 2.75) is 26.4 Å². The van der Waals surface area contributed by atoms with E-state index in [9.17, 15) is 5.11 Å². The molecule has 0 aliphatic carbocycles. The van der Waals surface area contributed by atoms with Crippen molar-refractivity contribution in [1.82, 2.24) is 9.78 Å². The first-order chi connectivity index (χ1) is 7.04. The minimum atomic E-state index is -0.375. The highest BCUT2D eigenvalue weighted by atomic mass is 16.5. The highest BCUT2D eigenvalue weighted by molar-refractivity contribution is 5.09. The maximum atomic E-state index is 9.91. The van der Waals surface area contributed by atoms with E-state index in [0.717, 1.165) is 11.4 Å². The molecule has 0 saturated carbocycles. The van der Waals surface area contributed by atoms with Gasteiger partial charge < -0.3 is 9.84 Å². The van der Waals surface area contributed by atoms with Crippen LogP contribution in [0.1, 0.15) is 18.3 Å². The SMILES string of the molecule is COCC(C)C(O)Cc1cc(C)nn1C. The van der Waals surface area contributed by atoms with Crippen LogP contribution < -0.4 is 0 Å². The van der Waals surface area contributed by atoms with Crippen molar-refractivity contribution in [3.05, 3.63) is 17.5 Å². The number of aromatic nitrogens is 2. The highest BCUT2D eigenvalue weighted by Crippen LogP contribution is 2.11. The van der Waals surface area contributed by atoms with Crippen LogP contribution in [0.25, 0.3) is 0 Å². The zero-order valence-electron chi connectivity index (χ0n) is 9.90. The number of hydrogen-bond donors (Lipinski definition) is 1. The lowest BCUT2D eigenvalue weighted by Crippen LogP contribution is -2.25. The average Bonchev–Trinajstić information content (AvgIpc) is 2.45. The highest BCUT2D eigenvalue weighted by Gasteiger charge is 2.16. The van der Waals surface area contributed by atoms with Crippen LogP contribution in [0.15, 0.2) is 6.07 Å². The zero-order valence-corrected chi connectivity index (χ0v) is 9.90. The molecule has 0 fully saturated rings. The predicted octanol–water partition coefficient (Wildman–Crippen LogP) is 0.914. The van der Waals surface area contributed by atoms with Gasteiger partial charge in [0.1, 0.15) is 0 Å². The van der Waals surface area contributed by atoms with Gasteiger partial charge >= 0.3 is 0 Å². The smallest absolute Gasteiger partial charge is 0.0642 e. The number of methoxy groups -OCH3 is 1. The summed E-state index contributed by atoms with van der Waals surface area (Å²) in [6.07, 6.45) is 0.252. The molecule has 1 heterocycles. The van der Waals surface area contributed by atoms with Crippen molar-refractivity contribution in [3.8, 4) is 0 Å². The molecule has 0 saturated heterocycles. The van der Waals surface area contributed by atoms with Crippen molar-refractivity contribution in [3.63, 3.8) is 0 Å². The molecule has 0 bridgehead atoms. The van der Waals surface area contributed by atoms with Gasteiger partial charge in [-0.05, 0) is 13.0 Å². The lowest BCUT2D eigenvalue weighted by atomic mass is 10.0. The normalized spacial score (nSPS) is 15.3. The number of aliphatic hydroxyl groups is 1. The van der Waals surface area contributed by atoms with Gasteiger partial charge in [0.2, 0.25) is 0 Å². The lowest BCUT2D eigenvalue weighted by molar-refractivity contribution is 0.0564. The molecule has 0 radical (unpaired) electrons. The van der Waals surface area contributed by atoms with Gasteiger partial charge in [-0.15, -0.1) is 0 Å². The Balaban J connectivity index is 2.57. The van der Waals surface area contributed by atoms with Crippen molar-refractivity contribution in [2.24, 2.45) is 13.0 Å². The molecule has 1 aromatic heterocycles. The van der Waals surface area contributed by atoms with Gasteiger partial charge in [-0.2, -0.15) is 5.10 Å². The molecule has 2 unspecified atom stereocenters. The Morgan fingerprint density at radius 2 is 2.27 bits per heavy atom. The lowest BCUT2D eigenvalue weighted by Gasteiger charge is -2.17. The van der Waals surface area contributed by atoms with E-state index in [-0.39, 0.29) is 12.0 Å². The van der Waals surface area contributed by atoms with Crippen LogP contribution in [-0.4, -0.2) is 34.7 Å². The summed E-state index contributed by atoms with van der Waals surface area (Å²) in [5, 5.41) is 14.2. The van der Waals surface area contributed by atoms with Gasteiger partial charge in [0.15, 0.2) is 0 Å². The molecule has 4 heteroatoms. The second kappa shape index (κ2) is 5.28. The molecular weight excluding hydrogens is 192 g/mol. The van der Waals surface area contributed by atoms with Gasteiger partial charge in [0, 0.05) is 32.2 Å². The van der Waals surface area contributed by atoms with Gasteiger partial charge in [0.05, 0.1) is 18.4 Å². The standard InChI is InChI=1S/C11H20N2O2/c1-8(7-15-4)11(14)6-10-5-9(2)12-13(10)3/h5,8,11,14H,6-7H2,1-4H3. The Kier molecular flexibility index (Phi) is 4.29. The van der Waals surface area contributed by atoms with Crippen molar-refractivity contribution < 1.29 is 9.84 Å². The summed E-state index contributed by atoms with van der Waals surface area (Å²) in [5.74, 6) is 0.144. The number of nitrogens with zero attached hydrogens (tertiary/aromatic N) is 2. The zero-order chi connectivity index (χ0) is 11.4. The summed E-state index contributed by atoms with van der Waals surface area (Å²) in [6.45, 7) is 4.52. The van der Waals surface area contributed by atoms with Gasteiger partial charge in [-0.1, -0.05) is 6.92 Å². The molecule has 86 valence electrons.